The monoisotopic (exact) mass is 292 g/mol. The smallest absolute Gasteiger partial charge is 0.105 e. The van der Waals surface area contributed by atoms with E-state index >= 15 is 0 Å². The summed E-state index contributed by atoms with van der Waals surface area (Å²) in [6.45, 7) is 7.15. The molecule has 0 saturated carbocycles. The van der Waals surface area contributed by atoms with Crippen molar-refractivity contribution in [2.75, 3.05) is 20.6 Å². The molecule has 0 radical (unpaired) electrons. The van der Waals surface area contributed by atoms with Gasteiger partial charge in [-0.2, -0.15) is 0 Å². The van der Waals surface area contributed by atoms with Crippen LogP contribution in [0.4, 0.5) is 0 Å². The fourth-order valence-corrected chi connectivity index (χ4v) is 3.42. The van der Waals surface area contributed by atoms with Gasteiger partial charge in [0.1, 0.15) is 11.5 Å². The molecule has 4 heteroatoms. The Bertz CT molecular complexity index is 531. The molecule has 1 N–H and O–H groups in total. The minimum absolute atomic E-state index is 0.301. The molecule has 3 nitrogen and oxygen atoms in total. The van der Waals surface area contributed by atoms with E-state index in [4.69, 9.17) is 4.42 Å². The van der Waals surface area contributed by atoms with E-state index in [0.717, 1.165) is 18.1 Å². The van der Waals surface area contributed by atoms with Crippen LogP contribution in [0, 0.1) is 13.8 Å². The van der Waals surface area contributed by atoms with Crippen molar-refractivity contribution in [3.63, 3.8) is 0 Å². The Balaban J connectivity index is 2.01. The number of hydrogen-bond acceptors (Lipinski definition) is 4. The zero-order valence-electron chi connectivity index (χ0n) is 12.9. The van der Waals surface area contributed by atoms with Crippen molar-refractivity contribution in [3.05, 3.63) is 45.5 Å². The fourth-order valence-electron chi connectivity index (χ4n) is 2.50. The number of aryl methyl sites for hydroxylation is 2. The van der Waals surface area contributed by atoms with Gasteiger partial charge in [0.25, 0.3) is 0 Å². The summed E-state index contributed by atoms with van der Waals surface area (Å²) in [6, 6.07) is 7.15. The Hall–Kier alpha value is -1.10. The molecule has 2 aromatic rings. The molecule has 0 aliphatic heterocycles. The van der Waals surface area contributed by atoms with Gasteiger partial charge in [-0.3, -0.25) is 0 Å². The van der Waals surface area contributed by atoms with Crippen LogP contribution in [0.15, 0.2) is 28.0 Å². The molecule has 0 aromatic carbocycles. The summed E-state index contributed by atoms with van der Waals surface area (Å²) in [6.07, 6.45) is 0. The summed E-state index contributed by atoms with van der Waals surface area (Å²) < 4.78 is 5.61. The third-order valence-electron chi connectivity index (χ3n) is 3.66. The zero-order chi connectivity index (χ0) is 14.7. The largest absolute Gasteiger partial charge is 0.466 e. The predicted molar refractivity (Wildman–Crippen MR) is 85.3 cm³/mol. The van der Waals surface area contributed by atoms with E-state index in [2.05, 4.69) is 54.8 Å². The minimum Gasteiger partial charge on any atom is -0.466 e. The minimum atomic E-state index is 0.301. The van der Waals surface area contributed by atoms with Crippen molar-refractivity contribution in [3.8, 4) is 0 Å². The molecule has 0 saturated heterocycles. The van der Waals surface area contributed by atoms with E-state index in [1.54, 1.807) is 0 Å². The molecule has 0 aliphatic rings. The lowest BCUT2D eigenvalue weighted by molar-refractivity contribution is 0.285. The van der Waals surface area contributed by atoms with Crippen LogP contribution in [0.3, 0.4) is 0 Å². The van der Waals surface area contributed by atoms with Crippen molar-refractivity contribution in [1.29, 1.82) is 0 Å². The molecule has 2 heterocycles. The van der Waals surface area contributed by atoms with E-state index in [-0.39, 0.29) is 0 Å². The highest BCUT2D eigenvalue weighted by molar-refractivity contribution is 7.10. The van der Waals surface area contributed by atoms with Crippen molar-refractivity contribution in [2.45, 2.75) is 32.9 Å². The van der Waals surface area contributed by atoms with Gasteiger partial charge in [0.2, 0.25) is 0 Å². The van der Waals surface area contributed by atoms with E-state index in [1.807, 2.05) is 25.2 Å². The second-order valence-corrected chi connectivity index (χ2v) is 6.47. The van der Waals surface area contributed by atoms with Crippen LogP contribution in [0.2, 0.25) is 0 Å². The maximum atomic E-state index is 5.61. The highest BCUT2D eigenvalue weighted by Gasteiger charge is 2.18. The van der Waals surface area contributed by atoms with Crippen molar-refractivity contribution in [1.82, 2.24) is 10.2 Å². The van der Waals surface area contributed by atoms with E-state index < -0.39 is 0 Å². The summed E-state index contributed by atoms with van der Waals surface area (Å²) in [5.74, 6) is 1.99. The number of nitrogens with one attached hydrogen (secondary N) is 1. The Morgan fingerprint density at radius 3 is 2.60 bits per heavy atom. The standard InChI is InChI=1S/C16H24N2OS/c1-11-9-14(13(3)19-11)12(2)17-10-15(18(4)5)16-7-6-8-20-16/h6-9,12,15,17H,10H2,1-5H3. The first kappa shape index (κ1) is 15.3. The third kappa shape index (κ3) is 3.51. The molecule has 20 heavy (non-hydrogen) atoms. The molecule has 2 unspecified atom stereocenters. The Morgan fingerprint density at radius 1 is 1.35 bits per heavy atom. The quantitative estimate of drug-likeness (QED) is 0.875. The van der Waals surface area contributed by atoms with Crippen LogP contribution in [0.1, 0.15) is 41.0 Å². The number of thiophene rings is 1. The first-order valence-corrected chi connectivity index (χ1v) is 7.87. The molecule has 0 bridgehead atoms. The molecule has 0 aliphatic carbocycles. The molecule has 2 rings (SSSR count). The van der Waals surface area contributed by atoms with E-state index in [1.165, 1.54) is 10.4 Å². The van der Waals surface area contributed by atoms with Crippen molar-refractivity contribution >= 4 is 11.3 Å². The summed E-state index contributed by atoms with van der Waals surface area (Å²) in [4.78, 5) is 3.66. The highest BCUT2D eigenvalue weighted by atomic mass is 32.1. The first-order valence-electron chi connectivity index (χ1n) is 6.99. The third-order valence-corrected chi connectivity index (χ3v) is 4.63. The van der Waals surface area contributed by atoms with E-state index in [0.29, 0.717) is 12.1 Å². The number of rotatable bonds is 6. The molecule has 0 fully saturated rings. The zero-order valence-corrected chi connectivity index (χ0v) is 13.8. The molecule has 2 aromatic heterocycles. The summed E-state index contributed by atoms with van der Waals surface area (Å²) in [5, 5.41) is 5.77. The van der Waals surface area contributed by atoms with Gasteiger partial charge in [0, 0.05) is 23.0 Å². The van der Waals surface area contributed by atoms with Crippen molar-refractivity contribution < 1.29 is 4.42 Å². The lowest BCUT2D eigenvalue weighted by atomic mass is 10.1. The second-order valence-electron chi connectivity index (χ2n) is 5.49. The molecule has 2 atom stereocenters. The van der Waals surface area contributed by atoms with Gasteiger partial charge in [-0.05, 0) is 52.4 Å². The van der Waals surface area contributed by atoms with Gasteiger partial charge >= 0.3 is 0 Å². The first-order chi connectivity index (χ1) is 9.49. The average Bonchev–Trinajstić information content (AvgIpc) is 2.99. The Labute approximate surface area is 125 Å². The van der Waals surface area contributed by atoms with Crippen LogP contribution in [-0.4, -0.2) is 25.5 Å². The lowest BCUT2D eigenvalue weighted by Crippen LogP contribution is -2.32. The lowest BCUT2D eigenvalue weighted by Gasteiger charge is -2.25. The van der Waals surface area contributed by atoms with Crippen LogP contribution >= 0.6 is 11.3 Å². The number of likely N-dealkylation sites (N-methyl/N-ethyl adjacent to an activating group) is 1. The van der Waals surface area contributed by atoms with Gasteiger partial charge < -0.3 is 14.6 Å². The van der Waals surface area contributed by atoms with Crippen LogP contribution in [0.5, 0.6) is 0 Å². The second kappa shape index (κ2) is 6.57. The summed E-state index contributed by atoms with van der Waals surface area (Å²) in [7, 11) is 4.26. The molecular weight excluding hydrogens is 268 g/mol. The number of hydrogen-bond donors (Lipinski definition) is 1. The van der Waals surface area contributed by atoms with Gasteiger partial charge in [-0.25, -0.2) is 0 Å². The Morgan fingerprint density at radius 2 is 2.10 bits per heavy atom. The van der Waals surface area contributed by atoms with Crippen LogP contribution < -0.4 is 5.32 Å². The maximum absolute atomic E-state index is 5.61. The number of nitrogens with zero attached hydrogens (tertiary/aromatic N) is 1. The van der Waals surface area contributed by atoms with Gasteiger partial charge in [-0.1, -0.05) is 6.07 Å². The van der Waals surface area contributed by atoms with Crippen molar-refractivity contribution in [2.24, 2.45) is 0 Å². The molecular formula is C16H24N2OS. The molecule has 0 amide bonds. The van der Waals surface area contributed by atoms with E-state index in [9.17, 15) is 0 Å². The van der Waals surface area contributed by atoms with Crippen LogP contribution in [-0.2, 0) is 0 Å². The fraction of sp³-hybridized carbons (Fsp3) is 0.500. The summed E-state index contributed by atoms with van der Waals surface area (Å²) in [5.41, 5.74) is 1.26. The van der Waals surface area contributed by atoms with Gasteiger partial charge in [0.05, 0.1) is 6.04 Å². The average molecular weight is 292 g/mol. The highest BCUT2D eigenvalue weighted by Crippen LogP contribution is 2.25. The van der Waals surface area contributed by atoms with Gasteiger partial charge in [-0.15, -0.1) is 11.3 Å². The maximum Gasteiger partial charge on any atom is 0.105 e. The predicted octanol–water partition coefficient (Wildman–Crippen LogP) is 3.91. The van der Waals surface area contributed by atoms with Gasteiger partial charge in [0.15, 0.2) is 0 Å². The topological polar surface area (TPSA) is 28.4 Å². The molecule has 110 valence electrons. The normalized spacial score (nSPS) is 14.7. The van der Waals surface area contributed by atoms with Crippen LogP contribution in [0.25, 0.3) is 0 Å². The summed E-state index contributed by atoms with van der Waals surface area (Å²) >= 11 is 1.81. The Kier molecular flexibility index (Phi) is 5.02. The SMILES string of the molecule is Cc1cc(C(C)NCC(c2cccs2)N(C)C)c(C)o1. The number of furan rings is 1. The molecule has 0 spiro atoms.